The van der Waals surface area contributed by atoms with Crippen molar-refractivity contribution in [3.63, 3.8) is 0 Å². The average molecular weight is 307 g/mol. The second kappa shape index (κ2) is 5.13. The Morgan fingerprint density at radius 1 is 1.33 bits per heavy atom. The molecule has 0 aliphatic heterocycles. The lowest BCUT2D eigenvalue weighted by molar-refractivity contribution is 0.0895. The molecule has 2 aromatic rings. The third kappa shape index (κ3) is 3.64. The highest BCUT2D eigenvalue weighted by Gasteiger charge is 2.28. The van der Waals surface area contributed by atoms with Gasteiger partial charge in [0.15, 0.2) is 0 Å². The average Bonchev–Trinajstić information content (AvgIpc) is 2.77. The van der Waals surface area contributed by atoms with Gasteiger partial charge in [0.05, 0.1) is 10.6 Å². The zero-order chi connectivity index (χ0) is 16.0. The summed E-state index contributed by atoms with van der Waals surface area (Å²) in [5, 5.41) is 8.60. The van der Waals surface area contributed by atoms with Crippen molar-refractivity contribution in [1.82, 2.24) is 15.1 Å². The van der Waals surface area contributed by atoms with E-state index in [-0.39, 0.29) is 16.9 Å². The van der Waals surface area contributed by atoms with Crippen LogP contribution in [-0.2, 0) is 7.05 Å². The fourth-order valence-electron chi connectivity index (χ4n) is 3.06. The topological polar surface area (TPSA) is 46.9 Å². The lowest BCUT2D eigenvalue weighted by Gasteiger charge is -2.33. The first kappa shape index (κ1) is 16.0. The molecule has 0 aromatic carbocycles. The van der Waals surface area contributed by atoms with Crippen molar-refractivity contribution >= 4 is 27.5 Å². The molecule has 0 unspecified atom stereocenters. The maximum atomic E-state index is 12.5. The number of hydrogen-bond donors (Lipinski definition) is 1. The molecule has 0 saturated carbocycles. The van der Waals surface area contributed by atoms with E-state index in [1.54, 1.807) is 0 Å². The molecule has 0 aliphatic carbocycles. The molecule has 2 heterocycles. The molecule has 21 heavy (non-hydrogen) atoms. The zero-order valence-corrected chi connectivity index (χ0v) is 14.8. The molecule has 1 amide bonds. The van der Waals surface area contributed by atoms with Gasteiger partial charge < -0.3 is 5.32 Å². The van der Waals surface area contributed by atoms with Crippen LogP contribution in [0.2, 0.25) is 0 Å². The summed E-state index contributed by atoms with van der Waals surface area (Å²) in [6.45, 7) is 12.7. The van der Waals surface area contributed by atoms with Gasteiger partial charge in [-0.05, 0) is 38.7 Å². The van der Waals surface area contributed by atoms with Gasteiger partial charge in [-0.2, -0.15) is 5.10 Å². The summed E-state index contributed by atoms with van der Waals surface area (Å²) in [7, 11) is 1.91. The summed E-state index contributed by atoms with van der Waals surface area (Å²) in [4.78, 5) is 14.3. The second-order valence-electron chi connectivity index (χ2n) is 7.61. The van der Waals surface area contributed by atoms with Crippen LogP contribution in [0.25, 0.3) is 10.2 Å². The maximum Gasteiger partial charge on any atom is 0.261 e. The summed E-state index contributed by atoms with van der Waals surface area (Å²) >= 11 is 1.50. The number of aryl methyl sites for hydroxylation is 2. The number of rotatable bonds is 3. The molecule has 0 aliphatic rings. The molecule has 116 valence electrons. The van der Waals surface area contributed by atoms with Gasteiger partial charge in [0, 0.05) is 18.0 Å². The molecule has 1 N–H and O–H groups in total. The summed E-state index contributed by atoms with van der Waals surface area (Å²) in [6, 6.07) is 1.95. The molecular formula is C16H25N3OS. The minimum Gasteiger partial charge on any atom is -0.346 e. The van der Waals surface area contributed by atoms with E-state index in [2.05, 4.69) is 45.0 Å². The van der Waals surface area contributed by atoms with Crippen LogP contribution in [0, 0.1) is 12.3 Å². The SMILES string of the molecule is Cc1nn(C)c2sc(C(=O)NC(C)(C)CC(C)(C)C)cc12. The molecule has 4 nitrogen and oxygen atoms in total. The van der Waals surface area contributed by atoms with E-state index in [1.165, 1.54) is 11.3 Å². The van der Waals surface area contributed by atoms with Crippen LogP contribution < -0.4 is 5.32 Å². The maximum absolute atomic E-state index is 12.5. The quantitative estimate of drug-likeness (QED) is 0.935. The van der Waals surface area contributed by atoms with Crippen LogP contribution in [0.1, 0.15) is 56.4 Å². The van der Waals surface area contributed by atoms with Gasteiger partial charge in [0.25, 0.3) is 5.91 Å². The molecule has 0 fully saturated rings. The van der Waals surface area contributed by atoms with Crippen LogP contribution in [0.5, 0.6) is 0 Å². The van der Waals surface area contributed by atoms with Gasteiger partial charge in [-0.3, -0.25) is 9.48 Å². The van der Waals surface area contributed by atoms with Crippen molar-refractivity contribution in [2.24, 2.45) is 12.5 Å². The Balaban J connectivity index is 2.21. The van der Waals surface area contributed by atoms with E-state index in [4.69, 9.17) is 0 Å². The van der Waals surface area contributed by atoms with E-state index in [9.17, 15) is 4.79 Å². The number of carbonyl (C=O) groups excluding carboxylic acids is 1. The Morgan fingerprint density at radius 3 is 2.48 bits per heavy atom. The van der Waals surface area contributed by atoms with Crippen LogP contribution in [0.3, 0.4) is 0 Å². The van der Waals surface area contributed by atoms with Crippen molar-refractivity contribution in [3.05, 3.63) is 16.6 Å². The first-order valence-electron chi connectivity index (χ1n) is 7.24. The number of nitrogens with one attached hydrogen (secondary N) is 1. The van der Waals surface area contributed by atoms with Crippen LogP contribution in [0.15, 0.2) is 6.07 Å². The Bertz CT molecular complexity index is 639. The van der Waals surface area contributed by atoms with Crippen molar-refractivity contribution in [1.29, 1.82) is 0 Å². The lowest BCUT2D eigenvalue weighted by atomic mass is 9.82. The van der Waals surface area contributed by atoms with Crippen molar-refractivity contribution in [2.45, 2.75) is 53.5 Å². The number of carbonyl (C=O) groups is 1. The monoisotopic (exact) mass is 307 g/mol. The van der Waals surface area contributed by atoms with Gasteiger partial charge in [0.2, 0.25) is 0 Å². The molecule has 5 heteroatoms. The number of amides is 1. The van der Waals surface area contributed by atoms with E-state index in [0.29, 0.717) is 0 Å². The zero-order valence-electron chi connectivity index (χ0n) is 14.0. The van der Waals surface area contributed by atoms with E-state index < -0.39 is 0 Å². The lowest BCUT2D eigenvalue weighted by Crippen LogP contribution is -2.45. The number of nitrogens with zero attached hydrogens (tertiary/aromatic N) is 2. The highest BCUT2D eigenvalue weighted by molar-refractivity contribution is 7.20. The van der Waals surface area contributed by atoms with Crippen molar-refractivity contribution in [2.75, 3.05) is 0 Å². The van der Waals surface area contributed by atoms with E-state index >= 15 is 0 Å². The minimum absolute atomic E-state index is 0.00449. The highest BCUT2D eigenvalue weighted by atomic mass is 32.1. The fraction of sp³-hybridized carbons (Fsp3) is 0.625. The van der Waals surface area contributed by atoms with Gasteiger partial charge in [-0.15, -0.1) is 11.3 Å². The fourth-order valence-corrected chi connectivity index (χ4v) is 4.07. The Kier molecular flexibility index (Phi) is 3.91. The third-order valence-corrected chi connectivity index (χ3v) is 4.54. The molecule has 0 spiro atoms. The van der Waals surface area contributed by atoms with Crippen LogP contribution in [-0.4, -0.2) is 21.2 Å². The Morgan fingerprint density at radius 2 is 1.95 bits per heavy atom. The Hall–Kier alpha value is -1.36. The molecule has 0 saturated heterocycles. The van der Waals surface area contributed by atoms with Gasteiger partial charge in [-0.25, -0.2) is 0 Å². The predicted molar refractivity (Wildman–Crippen MR) is 88.9 cm³/mol. The normalized spacial score (nSPS) is 12.9. The summed E-state index contributed by atoms with van der Waals surface area (Å²) in [5.74, 6) is 0.00449. The molecule has 0 radical (unpaired) electrons. The van der Waals surface area contributed by atoms with Gasteiger partial charge in [0.1, 0.15) is 4.83 Å². The first-order chi connectivity index (χ1) is 9.48. The molecule has 0 bridgehead atoms. The number of hydrogen-bond acceptors (Lipinski definition) is 3. The largest absolute Gasteiger partial charge is 0.346 e. The molecule has 2 aromatic heterocycles. The van der Waals surface area contributed by atoms with Gasteiger partial charge in [-0.1, -0.05) is 20.8 Å². The van der Waals surface area contributed by atoms with Crippen LogP contribution in [0.4, 0.5) is 0 Å². The summed E-state index contributed by atoms with van der Waals surface area (Å²) < 4.78 is 1.84. The summed E-state index contributed by atoms with van der Waals surface area (Å²) in [6.07, 6.45) is 0.928. The first-order valence-corrected chi connectivity index (χ1v) is 8.06. The number of thiophene rings is 1. The molecule has 0 atom stereocenters. The van der Waals surface area contributed by atoms with Gasteiger partial charge >= 0.3 is 0 Å². The number of aromatic nitrogens is 2. The Labute approximate surface area is 130 Å². The van der Waals surface area contributed by atoms with Crippen molar-refractivity contribution in [3.8, 4) is 0 Å². The minimum atomic E-state index is -0.223. The smallest absolute Gasteiger partial charge is 0.261 e. The second-order valence-corrected chi connectivity index (χ2v) is 8.64. The van der Waals surface area contributed by atoms with Crippen molar-refractivity contribution < 1.29 is 4.79 Å². The number of fused-ring (bicyclic) bond motifs is 1. The molecule has 2 rings (SSSR count). The highest BCUT2D eigenvalue weighted by Crippen LogP contribution is 2.30. The van der Waals surface area contributed by atoms with Crippen LogP contribution >= 0.6 is 11.3 Å². The predicted octanol–water partition coefficient (Wildman–Crippen LogP) is 3.89. The van der Waals surface area contributed by atoms with E-state index in [1.807, 2.05) is 24.7 Å². The van der Waals surface area contributed by atoms with E-state index in [0.717, 1.165) is 27.2 Å². The standard InChI is InChI=1S/C16H25N3OS/c1-10-11-8-12(21-14(11)19(7)18-10)13(20)17-16(5,6)9-15(2,3)4/h8H,9H2,1-7H3,(H,17,20). The molecular weight excluding hydrogens is 282 g/mol. The summed E-state index contributed by atoms with van der Waals surface area (Å²) in [5.41, 5.74) is 0.924. The third-order valence-electron chi connectivity index (χ3n) is 3.34.